The smallest absolute Gasteiger partial charge is 0.307 e. The Morgan fingerprint density at radius 1 is 1.25 bits per heavy atom. The molecule has 0 atom stereocenters. The molecule has 1 rings (SSSR count). The van der Waals surface area contributed by atoms with Crippen molar-refractivity contribution < 1.29 is 14.6 Å². The molecule has 0 amide bonds. The van der Waals surface area contributed by atoms with Crippen LogP contribution in [-0.2, 0) is 4.79 Å². The number of rotatable bonds is 6. The van der Waals surface area contributed by atoms with E-state index in [1.165, 1.54) is 5.56 Å². The van der Waals surface area contributed by atoms with Crippen LogP contribution >= 0.6 is 0 Å². The van der Waals surface area contributed by atoms with E-state index in [-0.39, 0.29) is 6.42 Å². The van der Waals surface area contributed by atoms with Gasteiger partial charge in [-0.3, -0.25) is 4.79 Å². The van der Waals surface area contributed by atoms with Gasteiger partial charge in [0.05, 0.1) is 13.0 Å². The van der Waals surface area contributed by atoms with Crippen LogP contribution in [-0.4, -0.2) is 17.7 Å². The first-order chi connectivity index (χ1) is 9.42. The van der Waals surface area contributed by atoms with E-state index in [2.05, 4.69) is 20.8 Å². The Morgan fingerprint density at radius 3 is 2.40 bits per heavy atom. The number of benzene rings is 1. The number of allylic oxidation sites excluding steroid dienone is 1. The van der Waals surface area contributed by atoms with Crippen molar-refractivity contribution in [3.05, 3.63) is 34.4 Å². The second-order valence-corrected chi connectivity index (χ2v) is 4.93. The molecule has 3 nitrogen and oxygen atoms in total. The lowest BCUT2D eigenvalue weighted by molar-refractivity contribution is -0.135. The summed E-state index contributed by atoms with van der Waals surface area (Å²) in [5.74, 6) is 0.119. The van der Waals surface area contributed by atoms with E-state index >= 15 is 0 Å². The Kier molecular flexibility index (Phi) is 5.81. The van der Waals surface area contributed by atoms with Gasteiger partial charge in [0.25, 0.3) is 0 Å². The second-order valence-electron chi connectivity index (χ2n) is 4.93. The summed E-state index contributed by atoms with van der Waals surface area (Å²) in [6, 6.07) is 2.05. The van der Waals surface area contributed by atoms with Crippen molar-refractivity contribution in [1.82, 2.24) is 0 Å². The minimum absolute atomic E-state index is 0.0638. The predicted octanol–water partition coefficient (Wildman–Crippen LogP) is 4.28. The number of hydrogen-bond acceptors (Lipinski definition) is 2. The lowest BCUT2D eigenvalue weighted by atomic mass is 9.90. The van der Waals surface area contributed by atoms with Crippen LogP contribution in [0.2, 0.25) is 0 Å². The summed E-state index contributed by atoms with van der Waals surface area (Å²) in [6.07, 6.45) is 2.70. The lowest BCUT2D eigenvalue weighted by Gasteiger charge is -2.18. The van der Waals surface area contributed by atoms with Crippen LogP contribution in [0.15, 0.2) is 12.1 Å². The van der Waals surface area contributed by atoms with Crippen LogP contribution in [0.5, 0.6) is 5.75 Å². The number of aliphatic carboxylic acids is 1. The summed E-state index contributed by atoms with van der Waals surface area (Å²) >= 11 is 0. The standard InChI is InChI=1S/C17H24O3/c1-6-14(8-9-16(18)19)17-11(3)10-15(20-7-2)12(4)13(17)5/h8,10H,6-7,9H2,1-5H3,(H,18,19)/b14-8+. The molecule has 0 aliphatic carbocycles. The Morgan fingerprint density at radius 2 is 1.90 bits per heavy atom. The average molecular weight is 276 g/mol. The van der Waals surface area contributed by atoms with Crippen LogP contribution < -0.4 is 4.74 Å². The van der Waals surface area contributed by atoms with Crippen molar-refractivity contribution in [3.63, 3.8) is 0 Å². The van der Waals surface area contributed by atoms with Crippen LogP contribution in [0.25, 0.3) is 5.57 Å². The molecule has 0 bridgehead atoms. The topological polar surface area (TPSA) is 46.5 Å². The molecule has 0 heterocycles. The summed E-state index contributed by atoms with van der Waals surface area (Å²) in [7, 11) is 0. The largest absolute Gasteiger partial charge is 0.494 e. The summed E-state index contributed by atoms with van der Waals surface area (Å²) in [6.45, 7) is 10.8. The highest BCUT2D eigenvalue weighted by Gasteiger charge is 2.13. The molecule has 0 unspecified atom stereocenters. The van der Waals surface area contributed by atoms with Gasteiger partial charge in [-0.1, -0.05) is 13.0 Å². The van der Waals surface area contributed by atoms with E-state index in [9.17, 15) is 4.79 Å². The zero-order valence-corrected chi connectivity index (χ0v) is 13.0. The minimum Gasteiger partial charge on any atom is -0.494 e. The van der Waals surface area contributed by atoms with Crippen molar-refractivity contribution >= 4 is 11.5 Å². The lowest BCUT2D eigenvalue weighted by Crippen LogP contribution is -2.02. The zero-order chi connectivity index (χ0) is 15.3. The third-order valence-electron chi connectivity index (χ3n) is 3.57. The highest BCUT2D eigenvalue weighted by molar-refractivity contribution is 5.77. The van der Waals surface area contributed by atoms with Gasteiger partial charge in [0.1, 0.15) is 5.75 Å². The molecule has 0 saturated carbocycles. The molecule has 0 radical (unpaired) electrons. The first kappa shape index (κ1) is 16.3. The molecule has 1 aromatic rings. The Labute approximate surface area is 121 Å². The summed E-state index contributed by atoms with van der Waals surface area (Å²) in [5.41, 5.74) is 5.69. The van der Waals surface area contributed by atoms with Gasteiger partial charge in [-0.25, -0.2) is 0 Å². The molecule has 0 saturated heterocycles. The molecule has 3 heteroatoms. The van der Waals surface area contributed by atoms with Gasteiger partial charge in [-0.05, 0) is 68.0 Å². The number of carboxylic acids is 1. The highest BCUT2D eigenvalue weighted by atomic mass is 16.5. The fourth-order valence-corrected chi connectivity index (χ4v) is 2.48. The van der Waals surface area contributed by atoms with E-state index in [0.29, 0.717) is 6.61 Å². The van der Waals surface area contributed by atoms with Gasteiger partial charge in [0.15, 0.2) is 0 Å². The summed E-state index contributed by atoms with van der Waals surface area (Å²) in [4.78, 5) is 10.8. The molecular weight excluding hydrogens is 252 g/mol. The molecular formula is C17H24O3. The van der Waals surface area contributed by atoms with Gasteiger partial charge in [-0.2, -0.15) is 0 Å². The Balaban J connectivity index is 3.33. The molecule has 0 fully saturated rings. The van der Waals surface area contributed by atoms with E-state index in [1.807, 2.05) is 26.0 Å². The number of aryl methyl sites for hydroxylation is 1. The van der Waals surface area contributed by atoms with Gasteiger partial charge in [-0.15, -0.1) is 0 Å². The number of carboxylic acid groups (broad SMARTS) is 1. The van der Waals surface area contributed by atoms with Gasteiger partial charge < -0.3 is 9.84 Å². The molecule has 1 N–H and O–H groups in total. The number of carbonyl (C=O) groups is 1. The first-order valence-corrected chi connectivity index (χ1v) is 7.07. The predicted molar refractivity (Wildman–Crippen MR) is 82.3 cm³/mol. The van der Waals surface area contributed by atoms with Crippen molar-refractivity contribution in [3.8, 4) is 5.75 Å². The van der Waals surface area contributed by atoms with Crippen molar-refractivity contribution in [1.29, 1.82) is 0 Å². The number of ether oxygens (including phenoxy) is 1. The summed E-state index contributed by atoms with van der Waals surface area (Å²) < 4.78 is 5.65. The Hall–Kier alpha value is -1.77. The van der Waals surface area contributed by atoms with Gasteiger partial charge in [0, 0.05) is 0 Å². The van der Waals surface area contributed by atoms with Crippen molar-refractivity contribution in [2.75, 3.05) is 6.61 Å². The third-order valence-corrected chi connectivity index (χ3v) is 3.57. The molecule has 1 aromatic carbocycles. The maximum Gasteiger partial charge on any atom is 0.307 e. The fourth-order valence-electron chi connectivity index (χ4n) is 2.48. The van der Waals surface area contributed by atoms with Crippen LogP contribution in [0.1, 0.15) is 48.9 Å². The molecule has 20 heavy (non-hydrogen) atoms. The van der Waals surface area contributed by atoms with Crippen molar-refractivity contribution in [2.24, 2.45) is 0 Å². The van der Waals surface area contributed by atoms with Crippen LogP contribution in [0, 0.1) is 20.8 Å². The quantitative estimate of drug-likeness (QED) is 0.843. The highest BCUT2D eigenvalue weighted by Crippen LogP contribution is 2.33. The minimum atomic E-state index is -0.797. The normalized spacial score (nSPS) is 11.6. The van der Waals surface area contributed by atoms with E-state index in [1.54, 1.807) is 0 Å². The van der Waals surface area contributed by atoms with Crippen LogP contribution in [0.4, 0.5) is 0 Å². The summed E-state index contributed by atoms with van der Waals surface area (Å²) in [5, 5.41) is 8.85. The maximum absolute atomic E-state index is 10.8. The zero-order valence-electron chi connectivity index (χ0n) is 13.0. The fraction of sp³-hybridized carbons (Fsp3) is 0.471. The van der Waals surface area contributed by atoms with E-state index < -0.39 is 5.97 Å². The number of hydrogen-bond donors (Lipinski definition) is 1. The molecule has 110 valence electrons. The molecule has 0 spiro atoms. The molecule has 0 aromatic heterocycles. The van der Waals surface area contributed by atoms with Crippen LogP contribution in [0.3, 0.4) is 0 Å². The van der Waals surface area contributed by atoms with Crippen molar-refractivity contribution in [2.45, 2.75) is 47.5 Å². The molecule has 0 aliphatic rings. The van der Waals surface area contributed by atoms with Gasteiger partial charge in [0.2, 0.25) is 0 Å². The monoisotopic (exact) mass is 276 g/mol. The van der Waals surface area contributed by atoms with E-state index in [4.69, 9.17) is 9.84 Å². The van der Waals surface area contributed by atoms with Gasteiger partial charge >= 0.3 is 5.97 Å². The first-order valence-electron chi connectivity index (χ1n) is 7.07. The average Bonchev–Trinajstić information content (AvgIpc) is 2.39. The second kappa shape index (κ2) is 7.13. The maximum atomic E-state index is 10.8. The van der Waals surface area contributed by atoms with E-state index in [0.717, 1.165) is 34.4 Å². The Bertz CT molecular complexity index is 528. The SMILES string of the molecule is CCOc1cc(C)c(/C(=C/CC(=O)O)CC)c(C)c1C. The third kappa shape index (κ3) is 3.62. The molecule has 0 aliphatic heterocycles.